The van der Waals surface area contributed by atoms with E-state index in [0.29, 0.717) is 22.4 Å². The summed E-state index contributed by atoms with van der Waals surface area (Å²) in [6.07, 6.45) is 1.75. The number of nitrogens with zero attached hydrogens (tertiary/aromatic N) is 2. The van der Waals surface area contributed by atoms with Gasteiger partial charge in [0.25, 0.3) is 0 Å². The molecule has 0 bridgehead atoms. The number of rotatable bonds is 7. The van der Waals surface area contributed by atoms with Gasteiger partial charge in [0.2, 0.25) is 11.0 Å². The van der Waals surface area contributed by atoms with Crippen LogP contribution in [0.3, 0.4) is 0 Å². The van der Waals surface area contributed by atoms with E-state index in [0.717, 1.165) is 4.34 Å². The third-order valence-electron chi connectivity index (χ3n) is 2.54. The highest BCUT2D eigenvalue weighted by atomic mass is 35.5. The topological polar surface area (TPSA) is 66.9 Å². The van der Waals surface area contributed by atoms with E-state index in [2.05, 4.69) is 27.4 Å². The van der Waals surface area contributed by atoms with Gasteiger partial charge in [-0.25, -0.2) is 0 Å². The molecule has 2 rings (SSSR count). The Morgan fingerprint density at radius 3 is 3.09 bits per heavy atom. The number of hydrogen-bond donors (Lipinski definition) is 2. The Morgan fingerprint density at radius 1 is 1.55 bits per heavy atom. The molecule has 5 nitrogen and oxygen atoms in total. The number of carbonyl (C=O) groups is 1. The van der Waals surface area contributed by atoms with Gasteiger partial charge in [0, 0.05) is 17.3 Å². The van der Waals surface area contributed by atoms with Gasteiger partial charge in [-0.15, -0.1) is 16.8 Å². The maximum absolute atomic E-state index is 12.2. The standard InChI is InChI=1S/C14H15ClN4OS2/c1-3-7-16-13-18-19-14(22-13)21-9(2)12(20)17-11-6-4-5-10(15)8-11/h3-6,8-9H,1,7H2,2H3,(H,16,18)(H,17,20). The molecule has 22 heavy (non-hydrogen) atoms. The smallest absolute Gasteiger partial charge is 0.237 e. The Kier molecular flexibility index (Phi) is 6.23. The van der Waals surface area contributed by atoms with Crippen molar-refractivity contribution in [3.63, 3.8) is 0 Å². The summed E-state index contributed by atoms with van der Waals surface area (Å²) in [5.41, 5.74) is 0.676. The molecule has 0 aliphatic rings. The van der Waals surface area contributed by atoms with Crippen LogP contribution < -0.4 is 10.6 Å². The molecule has 1 unspecified atom stereocenters. The van der Waals surface area contributed by atoms with Gasteiger partial charge in [0.1, 0.15) is 0 Å². The fourth-order valence-electron chi connectivity index (χ4n) is 1.50. The molecule has 0 saturated heterocycles. The summed E-state index contributed by atoms with van der Waals surface area (Å²) < 4.78 is 0.736. The van der Waals surface area contributed by atoms with Crippen LogP contribution in [0.2, 0.25) is 5.02 Å². The molecule has 0 radical (unpaired) electrons. The zero-order valence-corrected chi connectivity index (χ0v) is 14.3. The number of halogens is 1. The van der Waals surface area contributed by atoms with Crippen molar-refractivity contribution in [2.45, 2.75) is 16.5 Å². The van der Waals surface area contributed by atoms with Crippen LogP contribution in [0.4, 0.5) is 10.8 Å². The van der Waals surface area contributed by atoms with Crippen molar-refractivity contribution >= 4 is 51.4 Å². The lowest BCUT2D eigenvalue weighted by Gasteiger charge is -2.10. The van der Waals surface area contributed by atoms with E-state index in [-0.39, 0.29) is 11.2 Å². The Bertz CT molecular complexity index is 662. The van der Waals surface area contributed by atoms with Crippen molar-refractivity contribution in [2.75, 3.05) is 17.2 Å². The highest BCUT2D eigenvalue weighted by molar-refractivity contribution is 8.02. The number of carbonyl (C=O) groups excluding carboxylic acids is 1. The molecule has 1 heterocycles. The Hall–Kier alpha value is -1.57. The summed E-state index contributed by atoms with van der Waals surface area (Å²) in [6.45, 7) is 6.08. The number of aromatic nitrogens is 2. The van der Waals surface area contributed by atoms with Crippen LogP contribution in [-0.4, -0.2) is 27.9 Å². The average Bonchev–Trinajstić information content (AvgIpc) is 2.92. The first kappa shape index (κ1) is 16.8. The van der Waals surface area contributed by atoms with E-state index in [9.17, 15) is 4.79 Å². The molecule has 0 spiro atoms. The summed E-state index contributed by atoms with van der Waals surface area (Å²) in [5.74, 6) is -0.108. The van der Waals surface area contributed by atoms with Gasteiger partial charge in [-0.2, -0.15) is 0 Å². The lowest BCUT2D eigenvalue weighted by Crippen LogP contribution is -2.22. The Labute approximate surface area is 142 Å². The van der Waals surface area contributed by atoms with E-state index in [1.54, 1.807) is 30.3 Å². The molecule has 116 valence electrons. The lowest BCUT2D eigenvalue weighted by molar-refractivity contribution is -0.115. The van der Waals surface area contributed by atoms with Crippen molar-refractivity contribution in [1.29, 1.82) is 0 Å². The largest absolute Gasteiger partial charge is 0.357 e. The van der Waals surface area contributed by atoms with Gasteiger partial charge in [-0.1, -0.05) is 46.8 Å². The first-order valence-electron chi connectivity index (χ1n) is 6.50. The molecule has 1 aromatic carbocycles. The first-order chi connectivity index (χ1) is 10.6. The van der Waals surface area contributed by atoms with E-state index in [1.807, 2.05) is 6.92 Å². The van der Waals surface area contributed by atoms with Crippen LogP contribution in [0, 0.1) is 0 Å². The minimum Gasteiger partial charge on any atom is -0.357 e. The number of amides is 1. The molecule has 0 aliphatic heterocycles. The third kappa shape index (κ3) is 5.01. The second-order valence-electron chi connectivity index (χ2n) is 4.30. The van der Waals surface area contributed by atoms with Gasteiger partial charge in [-0.3, -0.25) is 4.79 Å². The third-order valence-corrected chi connectivity index (χ3v) is 4.84. The van der Waals surface area contributed by atoms with Crippen LogP contribution in [-0.2, 0) is 4.79 Å². The number of anilines is 2. The molecule has 0 saturated carbocycles. The normalized spacial score (nSPS) is 11.7. The molecule has 1 atom stereocenters. The molecular formula is C14H15ClN4OS2. The minimum atomic E-state index is -0.292. The summed E-state index contributed by atoms with van der Waals surface area (Å²) in [6, 6.07) is 7.05. The Morgan fingerprint density at radius 2 is 2.36 bits per heavy atom. The Balaban J connectivity index is 1.90. The van der Waals surface area contributed by atoms with Gasteiger partial charge in [0.05, 0.1) is 5.25 Å². The van der Waals surface area contributed by atoms with Gasteiger partial charge in [0.15, 0.2) is 4.34 Å². The molecule has 1 aromatic heterocycles. The predicted octanol–water partition coefficient (Wildman–Crippen LogP) is 3.91. The summed E-state index contributed by atoms with van der Waals surface area (Å²) in [4.78, 5) is 12.2. The predicted molar refractivity (Wildman–Crippen MR) is 94.0 cm³/mol. The van der Waals surface area contributed by atoms with Crippen molar-refractivity contribution in [1.82, 2.24) is 10.2 Å². The van der Waals surface area contributed by atoms with Crippen molar-refractivity contribution in [2.24, 2.45) is 0 Å². The molecule has 0 fully saturated rings. The number of benzene rings is 1. The quantitative estimate of drug-likeness (QED) is 0.583. The van der Waals surface area contributed by atoms with E-state index >= 15 is 0 Å². The summed E-state index contributed by atoms with van der Waals surface area (Å²) in [5, 5.41) is 14.9. The zero-order valence-electron chi connectivity index (χ0n) is 11.9. The van der Waals surface area contributed by atoms with Crippen molar-refractivity contribution in [3.05, 3.63) is 41.9 Å². The molecule has 0 aliphatic carbocycles. The van der Waals surface area contributed by atoms with E-state index in [1.165, 1.54) is 23.1 Å². The van der Waals surface area contributed by atoms with E-state index in [4.69, 9.17) is 11.6 Å². The first-order valence-corrected chi connectivity index (χ1v) is 8.57. The molecular weight excluding hydrogens is 340 g/mol. The fraction of sp³-hybridized carbons (Fsp3) is 0.214. The fourth-order valence-corrected chi connectivity index (χ4v) is 3.60. The number of hydrogen-bond acceptors (Lipinski definition) is 6. The zero-order chi connectivity index (χ0) is 15.9. The second-order valence-corrected chi connectivity index (χ2v) is 7.30. The second kappa shape index (κ2) is 8.17. The van der Waals surface area contributed by atoms with Gasteiger partial charge < -0.3 is 10.6 Å². The van der Waals surface area contributed by atoms with Crippen LogP contribution >= 0.6 is 34.7 Å². The molecule has 2 N–H and O–H groups in total. The minimum absolute atomic E-state index is 0.108. The highest BCUT2D eigenvalue weighted by Crippen LogP contribution is 2.29. The van der Waals surface area contributed by atoms with Gasteiger partial charge >= 0.3 is 0 Å². The lowest BCUT2D eigenvalue weighted by atomic mass is 10.3. The van der Waals surface area contributed by atoms with E-state index < -0.39 is 0 Å². The maximum atomic E-state index is 12.2. The average molecular weight is 355 g/mol. The molecule has 1 amide bonds. The number of nitrogens with one attached hydrogen (secondary N) is 2. The molecule has 8 heteroatoms. The molecule has 2 aromatic rings. The van der Waals surface area contributed by atoms with Gasteiger partial charge in [-0.05, 0) is 25.1 Å². The summed E-state index contributed by atoms with van der Waals surface area (Å²) >= 11 is 8.67. The van der Waals surface area contributed by atoms with Crippen LogP contribution in [0.1, 0.15) is 6.92 Å². The van der Waals surface area contributed by atoms with Crippen molar-refractivity contribution < 1.29 is 4.79 Å². The number of thioether (sulfide) groups is 1. The summed E-state index contributed by atoms with van der Waals surface area (Å²) in [7, 11) is 0. The van der Waals surface area contributed by atoms with Crippen LogP contribution in [0.25, 0.3) is 0 Å². The monoisotopic (exact) mass is 354 g/mol. The highest BCUT2D eigenvalue weighted by Gasteiger charge is 2.17. The maximum Gasteiger partial charge on any atom is 0.237 e. The van der Waals surface area contributed by atoms with Crippen molar-refractivity contribution in [3.8, 4) is 0 Å². The van der Waals surface area contributed by atoms with Crippen LogP contribution in [0.5, 0.6) is 0 Å². The van der Waals surface area contributed by atoms with Crippen LogP contribution in [0.15, 0.2) is 41.3 Å². The SMILES string of the molecule is C=CCNc1nnc(SC(C)C(=O)Nc2cccc(Cl)c2)s1.